The Morgan fingerprint density at radius 2 is 1.96 bits per heavy atom. The summed E-state index contributed by atoms with van der Waals surface area (Å²) in [7, 11) is 1.19. The molecule has 23 heavy (non-hydrogen) atoms. The van der Waals surface area contributed by atoms with Crippen LogP contribution in [0.1, 0.15) is 12.8 Å². The number of carbonyl (C=O) groups is 1. The molecule has 8 heteroatoms. The SMILES string of the molecule is COc1cccc(NC(=O)C2CCN(S(=O)(=O)N(C)C)CC2)c1. The van der Waals surface area contributed by atoms with E-state index in [0.29, 0.717) is 37.4 Å². The summed E-state index contributed by atoms with van der Waals surface area (Å²) in [5.74, 6) is 0.407. The molecule has 0 aliphatic carbocycles. The third-order valence-corrected chi connectivity index (χ3v) is 5.89. The van der Waals surface area contributed by atoms with E-state index < -0.39 is 10.2 Å². The molecule has 0 bridgehead atoms. The Balaban J connectivity index is 1.93. The average molecular weight is 341 g/mol. The Morgan fingerprint density at radius 3 is 2.52 bits per heavy atom. The number of nitrogens with one attached hydrogen (secondary N) is 1. The molecule has 7 nitrogen and oxygen atoms in total. The number of rotatable bonds is 5. The van der Waals surface area contributed by atoms with Crippen molar-refractivity contribution in [2.75, 3.05) is 39.6 Å². The van der Waals surface area contributed by atoms with Crippen molar-refractivity contribution in [3.05, 3.63) is 24.3 Å². The van der Waals surface area contributed by atoms with Crippen molar-refractivity contribution in [3.63, 3.8) is 0 Å². The van der Waals surface area contributed by atoms with Gasteiger partial charge in [-0.25, -0.2) is 0 Å². The van der Waals surface area contributed by atoms with Gasteiger partial charge in [0.05, 0.1) is 7.11 Å². The quantitative estimate of drug-likeness (QED) is 0.871. The lowest BCUT2D eigenvalue weighted by Gasteiger charge is -2.32. The van der Waals surface area contributed by atoms with Gasteiger partial charge in [0.1, 0.15) is 5.75 Å². The van der Waals surface area contributed by atoms with Crippen LogP contribution < -0.4 is 10.1 Å². The van der Waals surface area contributed by atoms with Crippen molar-refractivity contribution >= 4 is 21.8 Å². The number of anilines is 1. The number of hydrogen-bond donors (Lipinski definition) is 1. The van der Waals surface area contributed by atoms with Crippen LogP contribution >= 0.6 is 0 Å². The lowest BCUT2D eigenvalue weighted by molar-refractivity contribution is -0.120. The van der Waals surface area contributed by atoms with Crippen LogP contribution in [0.3, 0.4) is 0 Å². The number of amides is 1. The maximum absolute atomic E-state index is 12.3. The zero-order valence-electron chi connectivity index (χ0n) is 13.7. The molecule has 1 heterocycles. The predicted octanol–water partition coefficient (Wildman–Crippen LogP) is 1.15. The van der Waals surface area contributed by atoms with Gasteiger partial charge >= 0.3 is 0 Å². The third kappa shape index (κ3) is 4.21. The topological polar surface area (TPSA) is 79.0 Å². The molecule has 1 N–H and O–H groups in total. The summed E-state index contributed by atoms with van der Waals surface area (Å²) in [4.78, 5) is 12.3. The molecule has 1 aromatic carbocycles. The monoisotopic (exact) mass is 341 g/mol. The predicted molar refractivity (Wildman–Crippen MR) is 88.5 cm³/mol. The Labute approximate surface area is 137 Å². The van der Waals surface area contributed by atoms with Crippen LogP contribution in [-0.4, -0.2) is 57.2 Å². The number of hydrogen-bond acceptors (Lipinski definition) is 4. The molecule has 0 unspecified atom stereocenters. The number of methoxy groups -OCH3 is 1. The van der Waals surface area contributed by atoms with Crippen molar-refractivity contribution < 1.29 is 17.9 Å². The van der Waals surface area contributed by atoms with E-state index in [2.05, 4.69) is 5.32 Å². The summed E-state index contributed by atoms with van der Waals surface area (Å²) in [6, 6.07) is 7.16. The summed E-state index contributed by atoms with van der Waals surface area (Å²) >= 11 is 0. The largest absolute Gasteiger partial charge is 0.497 e. The minimum atomic E-state index is -3.40. The zero-order valence-corrected chi connectivity index (χ0v) is 14.5. The van der Waals surface area contributed by atoms with E-state index in [-0.39, 0.29) is 11.8 Å². The molecular formula is C15H23N3O4S. The average Bonchev–Trinajstić information content (AvgIpc) is 2.55. The molecule has 1 aliphatic rings. The van der Waals surface area contributed by atoms with E-state index in [9.17, 15) is 13.2 Å². The first-order valence-corrected chi connectivity index (χ1v) is 8.87. The van der Waals surface area contributed by atoms with Crippen LogP contribution in [0.5, 0.6) is 5.75 Å². The Kier molecular flexibility index (Phi) is 5.61. The first kappa shape index (κ1) is 17.7. The van der Waals surface area contributed by atoms with E-state index in [1.54, 1.807) is 31.4 Å². The molecular weight excluding hydrogens is 318 g/mol. The molecule has 1 saturated heterocycles. The van der Waals surface area contributed by atoms with Gasteiger partial charge in [0.25, 0.3) is 10.2 Å². The number of carbonyl (C=O) groups excluding carboxylic acids is 1. The number of benzene rings is 1. The lowest BCUT2D eigenvalue weighted by Crippen LogP contribution is -2.46. The van der Waals surface area contributed by atoms with Crippen LogP contribution in [-0.2, 0) is 15.0 Å². The van der Waals surface area contributed by atoms with Crippen molar-refractivity contribution in [2.24, 2.45) is 5.92 Å². The second kappa shape index (κ2) is 7.29. The van der Waals surface area contributed by atoms with Crippen LogP contribution in [0.2, 0.25) is 0 Å². The maximum atomic E-state index is 12.3. The van der Waals surface area contributed by atoms with Gasteiger partial charge in [-0.15, -0.1) is 0 Å². The van der Waals surface area contributed by atoms with Crippen LogP contribution in [0.25, 0.3) is 0 Å². The van der Waals surface area contributed by atoms with Crippen molar-refractivity contribution in [2.45, 2.75) is 12.8 Å². The number of nitrogens with zero attached hydrogens (tertiary/aromatic N) is 2. The van der Waals surface area contributed by atoms with Crippen molar-refractivity contribution in [1.29, 1.82) is 0 Å². The standard InChI is InChI=1S/C15H23N3O4S/c1-17(2)23(20,21)18-9-7-12(8-10-18)15(19)16-13-5-4-6-14(11-13)22-3/h4-6,11-12H,7-10H2,1-3H3,(H,16,19). The van der Waals surface area contributed by atoms with Crippen molar-refractivity contribution in [1.82, 2.24) is 8.61 Å². The third-order valence-electron chi connectivity index (χ3n) is 3.95. The van der Waals surface area contributed by atoms with E-state index >= 15 is 0 Å². The molecule has 0 radical (unpaired) electrons. The van der Waals surface area contributed by atoms with Gasteiger partial charge in [-0.2, -0.15) is 17.0 Å². The molecule has 1 aliphatic heterocycles. The highest BCUT2D eigenvalue weighted by Crippen LogP contribution is 2.23. The summed E-state index contributed by atoms with van der Waals surface area (Å²) < 4.78 is 31.9. The van der Waals surface area contributed by atoms with E-state index in [1.165, 1.54) is 22.7 Å². The molecule has 1 fully saturated rings. The first-order chi connectivity index (χ1) is 10.8. The molecule has 1 aromatic rings. The van der Waals surface area contributed by atoms with Gasteiger partial charge < -0.3 is 10.1 Å². The Hall–Kier alpha value is -1.64. The van der Waals surface area contributed by atoms with Gasteiger partial charge in [-0.1, -0.05) is 6.07 Å². The van der Waals surface area contributed by atoms with Crippen LogP contribution in [0, 0.1) is 5.92 Å². The van der Waals surface area contributed by atoms with Gasteiger partial charge in [-0.3, -0.25) is 4.79 Å². The van der Waals surface area contributed by atoms with Crippen molar-refractivity contribution in [3.8, 4) is 5.75 Å². The number of ether oxygens (including phenoxy) is 1. The van der Waals surface area contributed by atoms with E-state index in [4.69, 9.17) is 4.74 Å². The molecule has 0 atom stereocenters. The fourth-order valence-electron chi connectivity index (χ4n) is 2.52. The summed E-state index contributed by atoms with van der Waals surface area (Å²) in [5, 5.41) is 2.87. The highest BCUT2D eigenvalue weighted by molar-refractivity contribution is 7.86. The minimum Gasteiger partial charge on any atom is -0.497 e. The van der Waals surface area contributed by atoms with Gasteiger partial charge in [0.2, 0.25) is 5.91 Å². The van der Waals surface area contributed by atoms with Gasteiger partial charge in [0, 0.05) is 44.9 Å². The molecule has 1 amide bonds. The Bertz CT molecular complexity index is 652. The van der Waals surface area contributed by atoms with E-state index in [1.807, 2.05) is 0 Å². The maximum Gasteiger partial charge on any atom is 0.281 e. The molecule has 0 spiro atoms. The van der Waals surface area contributed by atoms with Crippen LogP contribution in [0.15, 0.2) is 24.3 Å². The fourth-order valence-corrected chi connectivity index (χ4v) is 3.66. The fraction of sp³-hybridized carbons (Fsp3) is 0.533. The highest BCUT2D eigenvalue weighted by Gasteiger charge is 2.32. The first-order valence-electron chi connectivity index (χ1n) is 7.47. The molecule has 128 valence electrons. The smallest absolute Gasteiger partial charge is 0.281 e. The molecule has 0 saturated carbocycles. The van der Waals surface area contributed by atoms with Gasteiger partial charge in [-0.05, 0) is 25.0 Å². The Morgan fingerprint density at radius 1 is 1.30 bits per heavy atom. The molecule has 2 rings (SSSR count). The van der Waals surface area contributed by atoms with Crippen LogP contribution in [0.4, 0.5) is 5.69 Å². The minimum absolute atomic E-state index is 0.0832. The normalized spacial score (nSPS) is 17.2. The lowest BCUT2D eigenvalue weighted by atomic mass is 9.97. The van der Waals surface area contributed by atoms with Gasteiger partial charge in [0.15, 0.2) is 0 Å². The summed E-state index contributed by atoms with van der Waals surface area (Å²) in [5.41, 5.74) is 0.678. The number of piperidine rings is 1. The molecule has 0 aromatic heterocycles. The second-order valence-corrected chi connectivity index (χ2v) is 7.83. The summed E-state index contributed by atoms with van der Waals surface area (Å²) in [6.07, 6.45) is 1.03. The zero-order chi connectivity index (χ0) is 17.0. The highest BCUT2D eigenvalue weighted by atomic mass is 32.2. The second-order valence-electron chi connectivity index (χ2n) is 5.68. The summed E-state index contributed by atoms with van der Waals surface area (Å²) in [6.45, 7) is 0.716. The van der Waals surface area contributed by atoms with E-state index in [0.717, 1.165) is 0 Å².